The van der Waals surface area contributed by atoms with Crippen LogP contribution in [0.15, 0.2) is 0 Å². The van der Waals surface area contributed by atoms with E-state index in [0.717, 1.165) is 19.5 Å². The number of nitrogens with one attached hydrogen (secondary N) is 1. The number of ether oxygens (including phenoxy) is 1. The minimum atomic E-state index is -0.809. The number of hydrogen-bond acceptors (Lipinski definition) is 4. The van der Waals surface area contributed by atoms with E-state index in [2.05, 4.69) is 10.2 Å². The highest BCUT2D eigenvalue weighted by atomic mass is 16.5. The van der Waals surface area contributed by atoms with Gasteiger partial charge in [-0.3, -0.25) is 4.79 Å². The average Bonchev–Trinajstić information content (AvgIpc) is 2.26. The number of hydrogen-bond donors (Lipinski definition) is 2. The molecule has 1 atom stereocenters. The minimum absolute atomic E-state index is 0.643. The summed E-state index contributed by atoms with van der Waals surface area (Å²) in [5, 5.41) is 12.3. The molecule has 0 aromatic carbocycles. The Morgan fingerprint density at radius 3 is 2.59 bits per heavy atom. The molecule has 0 aliphatic rings. The zero-order chi connectivity index (χ0) is 13.3. The highest BCUT2D eigenvalue weighted by Crippen LogP contribution is 2.11. The third-order valence-electron chi connectivity index (χ3n) is 2.91. The first-order valence-electron chi connectivity index (χ1n) is 6.12. The van der Waals surface area contributed by atoms with Crippen molar-refractivity contribution in [3.05, 3.63) is 0 Å². The lowest BCUT2D eigenvalue weighted by molar-refractivity contribution is -0.144. The van der Waals surface area contributed by atoms with E-state index >= 15 is 0 Å². The second kappa shape index (κ2) is 8.44. The Kier molecular flexibility index (Phi) is 8.12. The average molecular weight is 246 g/mol. The van der Waals surface area contributed by atoms with Crippen LogP contribution in [0.3, 0.4) is 0 Å². The van der Waals surface area contributed by atoms with Gasteiger partial charge in [0.15, 0.2) is 0 Å². The molecule has 0 aliphatic heterocycles. The van der Waals surface area contributed by atoms with E-state index in [0.29, 0.717) is 19.6 Å². The molecule has 5 heteroatoms. The number of nitrogens with zero attached hydrogens (tertiary/aromatic N) is 1. The van der Waals surface area contributed by atoms with Crippen molar-refractivity contribution in [2.75, 3.05) is 40.4 Å². The summed E-state index contributed by atoms with van der Waals surface area (Å²) in [5.41, 5.74) is -0.809. The maximum atomic E-state index is 11.2. The molecule has 5 nitrogen and oxygen atoms in total. The van der Waals surface area contributed by atoms with E-state index in [1.54, 1.807) is 14.0 Å². The van der Waals surface area contributed by atoms with Gasteiger partial charge in [0.2, 0.25) is 0 Å². The van der Waals surface area contributed by atoms with Gasteiger partial charge in [0, 0.05) is 26.7 Å². The van der Waals surface area contributed by atoms with Crippen LogP contribution in [0, 0.1) is 0 Å². The third kappa shape index (κ3) is 6.61. The number of likely N-dealkylation sites (N-methyl/N-ethyl adjacent to an activating group) is 1. The molecule has 1 unspecified atom stereocenters. The number of rotatable bonds is 10. The van der Waals surface area contributed by atoms with Crippen molar-refractivity contribution in [3.63, 3.8) is 0 Å². The summed E-state index contributed by atoms with van der Waals surface area (Å²) in [5.74, 6) is -0.779. The summed E-state index contributed by atoms with van der Waals surface area (Å²) in [6, 6.07) is 0. The van der Waals surface area contributed by atoms with Crippen molar-refractivity contribution in [2.45, 2.75) is 32.2 Å². The first-order valence-corrected chi connectivity index (χ1v) is 6.12. The molecule has 0 aromatic rings. The first-order chi connectivity index (χ1) is 7.96. The van der Waals surface area contributed by atoms with E-state index in [-0.39, 0.29) is 0 Å². The van der Waals surface area contributed by atoms with Gasteiger partial charge in [-0.15, -0.1) is 0 Å². The van der Waals surface area contributed by atoms with Crippen LogP contribution in [0.1, 0.15) is 26.7 Å². The molecule has 0 saturated carbocycles. The quantitative estimate of drug-likeness (QED) is 0.597. The molecule has 0 heterocycles. The lowest BCUT2D eigenvalue weighted by atomic mass is 9.96. The highest BCUT2D eigenvalue weighted by Gasteiger charge is 2.30. The van der Waals surface area contributed by atoms with E-state index in [4.69, 9.17) is 4.74 Å². The smallest absolute Gasteiger partial charge is 0.323 e. The van der Waals surface area contributed by atoms with E-state index in [1.165, 1.54) is 0 Å². The lowest BCUT2D eigenvalue weighted by Gasteiger charge is -2.27. The molecular weight excluding hydrogens is 220 g/mol. The standard InChI is InChI=1S/C12H26N2O3/c1-5-6-12(2,11(15)16)13-7-8-14(3)9-10-17-4/h13H,5-10H2,1-4H3,(H,15,16). The van der Waals surface area contributed by atoms with Gasteiger partial charge in [0.25, 0.3) is 0 Å². The molecule has 0 spiro atoms. The first kappa shape index (κ1) is 16.4. The number of methoxy groups -OCH3 is 1. The van der Waals surface area contributed by atoms with Crippen molar-refractivity contribution in [3.8, 4) is 0 Å². The van der Waals surface area contributed by atoms with Gasteiger partial charge in [0.05, 0.1) is 6.61 Å². The van der Waals surface area contributed by atoms with Crippen LogP contribution in [0.4, 0.5) is 0 Å². The van der Waals surface area contributed by atoms with Crippen LogP contribution < -0.4 is 5.32 Å². The Bertz CT molecular complexity index is 224. The molecular formula is C12H26N2O3. The predicted molar refractivity (Wildman–Crippen MR) is 68.3 cm³/mol. The number of aliphatic carboxylic acids is 1. The minimum Gasteiger partial charge on any atom is -0.480 e. The number of carbonyl (C=O) groups is 1. The van der Waals surface area contributed by atoms with Crippen molar-refractivity contribution < 1.29 is 14.6 Å². The molecule has 0 rings (SSSR count). The summed E-state index contributed by atoms with van der Waals surface area (Å²) in [7, 11) is 3.67. The molecule has 0 aliphatic carbocycles. The Balaban J connectivity index is 3.94. The molecule has 0 saturated heterocycles. The summed E-state index contributed by atoms with van der Waals surface area (Å²) < 4.78 is 4.98. The Labute approximate surface area is 104 Å². The van der Waals surface area contributed by atoms with Gasteiger partial charge in [-0.25, -0.2) is 0 Å². The molecule has 0 radical (unpaired) electrons. The molecule has 17 heavy (non-hydrogen) atoms. The third-order valence-corrected chi connectivity index (χ3v) is 2.91. The summed E-state index contributed by atoms with van der Waals surface area (Å²) >= 11 is 0. The van der Waals surface area contributed by atoms with Gasteiger partial charge < -0.3 is 20.1 Å². The lowest BCUT2D eigenvalue weighted by Crippen LogP contribution is -2.51. The van der Waals surface area contributed by atoms with Crippen molar-refractivity contribution in [1.29, 1.82) is 0 Å². The molecule has 0 aromatic heterocycles. The SMILES string of the molecule is CCCC(C)(NCCN(C)CCOC)C(=O)O. The van der Waals surface area contributed by atoms with Crippen LogP contribution in [0.2, 0.25) is 0 Å². The highest BCUT2D eigenvalue weighted by molar-refractivity contribution is 5.78. The van der Waals surface area contributed by atoms with E-state index in [9.17, 15) is 9.90 Å². The summed E-state index contributed by atoms with van der Waals surface area (Å²) in [6.45, 7) is 6.78. The zero-order valence-electron chi connectivity index (χ0n) is 11.5. The van der Waals surface area contributed by atoms with Gasteiger partial charge in [-0.2, -0.15) is 0 Å². The van der Waals surface area contributed by atoms with Crippen molar-refractivity contribution in [2.24, 2.45) is 0 Å². The Morgan fingerprint density at radius 1 is 1.47 bits per heavy atom. The normalized spacial score (nSPS) is 14.9. The zero-order valence-corrected chi connectivity index (χ0v) is 11.5. The largest absolute Gasteiger partial charge is 0.480 e. The maximum absolute atomic E-state index is 11.2. The van der Waals surface area contributed by atoms with Crippen LogP contribution >= 0.6 is 0 Å². The van der Waals surface area contributed by atoms with Gasteiger partial charge in [-0.05, 0) is 20.4 Å². The van der Waals surface area contributed by atoms with Gasteiger partial charge in [0.1, 0.15) is 5.54 Å². The van der Waals surface area contributed by atoms with Crippen LogP contribution in [-0.2, 0) is 9.53 Å². The molecule has 0 amide bonds. The Hall–Kier alpha value is -0.650. The van der Waals surface area contributed by atoms with Crippen LogP contribution in [-0.4, -0.2) is 61.9 Å². The van der Waals surface area contributed by atoms with Gasteiger partial charge in [-0.1, -0.05) is 13.3 Å². The fourth-order valence-corrected chi connectivity index (χ4v) is 1.65. The van der Waals surface area contributed by atoms with E-state index < -0.39 is 11.5 Å². The van der Waals surface area contributed by atoms with Crippen LogP contribution in [0.25, 0.3) is 0 Å². The molecule has 0 fully saturated rings. The van der Waals surface area contributed by atoms with E-state index in [1.807, 2.05) is 14.0 Å². The second-order valence-electron chi connectivity index (χ2n) is 4.61. The monoisotopic (exact) mass is 246 g/mol. The van der Waals surface area contributed by atoms with Crippen LogP contribution in [0.5, 0.6) is 0 Å². The molecule has 2 N–H and O–H groups in total. The van der Waals surface area contributed by atoms with Gasteiger partial charge >= 0.3 is 5.97 Å². The molecule has 0 bridgehead atoms. The second-order valence-corrected chi connectivity index (χ2v) is 4.61. The molecule has 102 valence electrons. The summed E-state index contributed by atoms with van der Waals surface area (Å²) in [4.78, 5) is 13.3. The fourth-order valence-electron chi connectivity index (χ4n) is 1.65. The van der Waals surface area contributed by atoms with Crippen molar-refractivity contribution >= 4 is 5.97 Å². The number of carboxylic acids is 1. The summed E-state index contributed by atoms with van der Waals surface area (Å²) in [6.07, 6.45) is 1.50. The van der Waals surface area contributed by atoms with Crippen molar-refractivity contribution in [1.82, 2.24) is 10.2 Å². The Morgan fingerprint density at radius 2 is 2.12 bits per heavy atom. The number of carboxylic acid groups (broad SMARTS) is 1. The maximum Gasteiger partial charge on any atom is 0.323 e. The predicted octanol–water partition coefficient (Wildman–Crippen LogP) is 0.798. The fraction of sp³-hybridized carbons (Fsp3) is 0.917. The topological polar surface area (TPSA) is 61.8 Å².